The van der Waals surface area contributed by atoms with Gasteiger partial charge in [0.15, 0.2) is 0 Å². The predicted octanol–water partition coefficient (Wildman–Crippen LogP) is 3.33. The molecule has 2 N–H and O–H groups in total. The van der Waals surface area contributed by atoms with Crippen LogP contribution in [0.5, 0.6) is 0 Å². The number of benzene rings is 3. The number of carbonyl (C=O) groups is 2. The summed E-state index contributed by atoms with van der Waals surface area (Å²) in [5, 5.41) is 6.81. The fourth-order valence-electron chi connectivity index (χ4n) is 3.57. The predicted molar refractivity (Wildman–Crippen MR) is 112 cm³/mol. The normalized spacial score (nSPS) is 15.2. The van der Waals surface area contributed by atoms with Crippen LogP contribution < -0.4 is 14.9 Å². The third kappa shape index (κ3) is 3.21. The smallest absolute Gasteiger partial charge is 0.265 e. The Bertz CT molecular complexity index is 1250. The van der Waals surface area contributed by atoms with Gasteiger partial charge in [-0.25, -0.2) is 8.42 Å². The number of hydrogen-bond acceptors (Lipinski definition) is 4. The third-order valence-corrected chi connectivity index (χ3v) is 6.73. The Labute approximate surface area is 168 Å². The fourth-order valence-corrected chi connectivity index (χ4v) is 5.44. The van der Waals surface area contributed by atoms with Crippen LogP contribution in [0.1, 0.15) is 13.8 Å². The first-order valence-corrected chi connectivity index (χ1v) is 10.5. The van der Waals surface area contributed by atoms with Crippen molar-refractivity contribution in [2.75, 3.05) is 14.9 Å². The summed E-state index contributed by atoms with van der Waals surface area (Å²) in [5.74, 6) is -0.700. The van der Waals surface area contributed by atoms with Gasteiger partial charge in [-0.2, -0.15) is 0 Å². The highest BCUT2D eigenvalue weighted by Gasteiger charge is 2.40. The molecule has 0 aromatic heterocycles. The van der Waals surface area contributed by atoms with Crippen LogP contribution in [0.2, 0.25) is 0 Å². The minimum atomic E-state index is -3.84. The summed E-state index contributed by atoms with van der Waals surface area (Å²) in [6.45, 7) is 2.94. The molecule has 0 bridgehead atoms. The number of hydrogen-bond donors (Lipinski definition) is 2. The zero-order valence-electron chi connectivity index (χ0n) is 15.8. The molecule has 0 saturated carbocycles. The van der Waals surface area contributed by atoms with E-state index < -0.39 is 22.0 Å². The fraction of sp³-hybridized carbons (Fsp3) is 0.143. The van der Waals surface area contributed by atoms with E-state index in [4.69, 9.17) is 0 Å². The maximum absolute atomic E-state index is 13.1. The van der Waals surface area contributed by atoms with Crippen LogP contribution in [0.25, 0.3) is 10.8 Å². The molecule has 7 nitrogen and oxygen atoms in total. The Morgan fingerprint density at radius 1 is 0.931 bits per heavy atom. The summed E-state index contributed by atoms with van der Waals surface area (Å²) >= 11 is 0. The van der Waals surface area contributed by atoms with Gasteiger partial charge in [0, 0.05) is 23.7 Å². The van der Waals surface area contributed by atoms with Gasteiger partial charge in [0.25, 0.3) is 10.0 Å². The van der Waals surface area contributed by atoms with Crippen molar-refractivity contribution in [2.24, 2.45) is 0 Å². The van der Waals surface area contributed by atoms with Crippen molar-refractivity contribution in [3.05, 3.63) is 60.7 Å². The molecule has 0 aliphatic carbocycles. The van der Waals surface area contributed by atoms with Gasteiger partial charge in [-0.1, -0.05) is 30.3 Å². The Hall–Kier alpha value is -3.39. The van der Waals surface area contributed by atoms with Crippen LogP contribution in [-0.4, -0.2) is 26.3 Å². The van der Waals surface area contributed by atoms with Crippen LogP contribution in [0.15, 0.2) is 65.6 Å². The maximum atomic E-state index is 13.1. The lowest BCUT2D eigenvalue weighted by Gasteiger charge is -2.25. The van der Waals surface area contributed by atoms with Gasteiger partial charge in [0.05, 0.1) is 10.6 Å². The standard InChI is InChI=1S/C21H19N3O4S/c1-13(21(26)23-17-9-5-8-16(12-17)22-14(2)25)24-18-10-3-6-15-7-4-11-19(20(15)18)29(24,27)28/h3-13H,1-2H3,(H,22,25)(H,23,26)/t13-/m0/s1. The monoisotopic (exact) mass is 409 g/mol. The average Bonchev–Trinajstić information content (AvgIpc) is 2.90. The lowest BCUT2D eigenvalue weighted by molar-refractivity contribution is -0.117. The van der Waals surface area contributed by atoms with Crippen LogP contribution in [0, 0.1) is 0 Å². The topological polar surface area (TPSA) is 95.6 Å². The number of carbonyl (C=O) groups excluding carboxylic acids is 2. The van der Waals surface area contributed by atoms with E-state index in [1.807, 2.05) is 12.1 Å². The highest BCUT2D eigenvalue weighted by atomic mass is 32.2. The lowest BCUT2D eigenvalue weighted by atomic mass is 10.1. The molecule has 0 saturated heterocycles. The van der Waals surface area contributed by atoms with Gasteiger partial charge in [0.2, 0.25) is 11.8 Å². The van der Waals surface area contributed by atoms with Gasteiger partial charge >= 0.3 is 0 Å². The molecular weight excluding hydrogens is 390 g/mol. The van der Waals surface area contributed by atoms with Gasteiger partial charge in [-0.05, 0) is 42.6 Å². The number of rotatable bonds is 4. The highest BCUT2D eigenvalue weighted by molar-refractivity contribution is 7.93. The van der Waals surface area contributed by atoms with Gasteiger partial charge < -0.3 is 10.6 Å². The largest absolute Gasteiger partial charge is 0.326 e. The molecule has 1 aliphatic rings. The molecule has 1 heterocycles. The molecule has 0 unspecified atom stereocenters. The SMILES string of the molecule is CC(=O)Nc1cccc(NC(=O)[C@H](C)N2c3cccc4cccc(c34)S2(=O)=O)c1. The summed E-state index contributed by atoms with van der Waals surface area (Å²) in [6, 6.07) is 16.1. The minimum Gasteiger partial charge on any atom is -0.326 e. The molecule has 8 heteroatoms. The number of sulfonamides is 1. The molecule has 0 fully saturated rings. The summed E-state index contributed by atoms with van der Waals surface area (Å²) in [7, 11) is -3.84. The molecule has 0 radical (unpaired) electrons. The molecule has 3 aromatic rings. The van der Waals surface area contributed by atoms with Crippen molar-refractivity contribution in [2.45, 2.75) is 24.8 Å². The number of nitrogens with one attached hydrogen (secondary N) is 2. The molecule has 29 heavy (non-hydrogen) atoms. The van der Waals surface area contributed by atoms with Crippen molar-refractivity contribution in [3.8, 4) is 0 Å². The van der Waals surface area contributed by atoms with Gasteiger partial charge in [0.1, 0.15) is 6.04 Å². The molecule has 148 valence electrons. The first-order chi connectivity index (χ1) is 13.8. The van der Waals surface area contributed by atoms with Crippen molar-refractivity contribution in [3.63, 3.8) is 0 Å². The van der Waals surface area contributed by atoms with Crippen molar-refractivity contribution < 1.29 is 18.0 Å². The Balaban J connectivity index is 1.65. The third-order valence-electron chi connectivity index (χ3n) is 4.80. The number of anilines is 3. The first-order valence-electron chi connectivity index (χ1n) is 9.04. The number of amides is 2. The first kappa shape index (κ1) is 18.9. The van der Waals surface area contributed by atoms with E-state index in [1.54, 1.807) is 55.5 Å². The van der Waals surface area contributed by atoms with Crippen LogP contribution in [0.3, 0.4) is 0 Å². The zero-order valence-corrected chi connectivity index (χ0v) is 16.7. The number of nitrogens with zero attached hydrogens (tertiary/aromatic N) is 1. The van der Waals surface area contributed by atoms with Gasteiger partial charge in [-0.3, -0.25) is 13.9 Å². The van der Waals surface area contributed by atoms with Crippen molar-refractivity contribution in [1.29, 1.82) is 0 Å². The second-order valence-electron chi connectivity index (χ2n) is 6.86. The molecule has 2 amide bonds. The molecular formula is C21H19N3O4S. The minimum absolute atomic E-state index is 0.206. The van der Waals surface area contributed by atoms with Crippen molar-refractivity contribution >= 4 is 49.7 Å². The highest BCUT2D eigenvalue weighted by Crippen LogP contribution is 2.43. The Morgan fingerprint density at radius 3 is 2.24 bits per heavy atom. The van der Waals surface area contributed by atoms with Crippen molar-refractivity contribution in [1.82, 2.24) is 0 Å². The second-order valence-corrected chi connectivity index (χ2v) is 8.64. The Kier molecular flexibility index (Phi) is 4.50. The summed E-state index contributed by atoms with van der Waals surface area (Å²) in [4.78, 5) is 24.3. The maximum Gasteiger partial charge on any atom is 0.265 e. The van der Waals surface area contributed by atoms with Gasteiger partial charge in [-0.15, -0.1) is 0 Å². The van der Waals surface area contributed by atoms with E-state index in [0.717, 1.165) is 9.69 Å². The summed E-state index contributed by atoms with van der Waals surface area (Å²) < 4.78 is 27.4. The average molecular weight is 409 g/mol. The molecule has 1 aliphatic heterocycles. The van der Waals surface area contributed by atoms with Crippen LogP contribution >= 0.6 is 0 Å². The van der Waals surface area contributed by atoms with E-state index in [1.165, 1.54) is 6.92 Å². The van der Waals surface area contributed by atoms with Crippen LogP contribution in [-0.2, 0) is 19.6 Å². The van der Waals surface area contributed by atoms with E-state index in [-0.39, 0.29) is 10.8 Å². The van der Waals surface area contributed by atoms with E-state index in [0.29, 0.717) is 22.4 Å². The Morgan fingerprint density at radius 2 is 1.55 bits per heavy atom. The molecule has 0 spiro atoms. The molecule has 4 rings (SSSR count). The quantitative estimate of drug-likeness (QED) is 0.691. The molecule has 3 aromatic carbocycles. The van der Waals surface area contributed by atoms with E-state index >= 15 is 0 Å². The zero-order chi connectivity index (χ0) is 20.8. The summed E-state index contributed by atoms with van der Waals surface area (Å²) in [6.07, 6.45) is 0. The lowest BCUT2D eigenvalue weighted by Crippen LogP contribution is -2.44. The molecule has 1 atom stereocenters. The van der Waals surface area contributed by atoms with E-state index in [9.17, 15) is 18.0 Å². The van der Waals surface area contributed by atoms with E-state index in [2.05, 4.69) is 10.6 Å². The second kappa shape index (κ2) is 6.89. The van der Waals surface area contributed by atoms with Crippen LogP contribution in [0.4, 0.5) is 17.1 Å². The summed E-state index contributed by atoms with van der Waals surface area (Å²) in [5.41, 5.74) is 1.49.